The monoisotopic (exact) mass is 1150 g/mol. The van der Waals surface area contributed by atoms with Gasteiger partial charge >= 0.3 is 17.9 Å². The van der Waals surface area contributed by atoms with Crippen molar-refractivity contribution in [2.24, 2.45) is 0 Å². The van der Waals surface area contributed by atoms with Crippen molar-refractivity contribution >= 4 is 17.9 Å². The molecule has 6 heteroatoms. The van der Waals surface area contributed by atoms with E-state index in [1.807, 2.05) is 0 Å². The number of rotatable bonds is 67. The van der Waals surface area contributed by atoms with Gasteiger partial charge in [0.05, 0.1) is 0 Å². The molecule has 0 saturated heterocycles. The predicted octanol–water partition coefficient (Wildman–Crippen LogP) is 25.1. The zero-order chi connectivity index (χ0) is 59.2. The first-order valence-electron chi connectivity index (χ1n) is 36.3. The number of allylic oxidation sites excluding steroid dienone is 10. The number of unbranched alkanes of at least 4 members (excludes halogenated alkanes) is 46. The fourth-order valence-corrected chi connectivity index (χ4v) is 10.9. The zero-order valence-corrected chi connectivity index (χ0v) is 55.0. The molecule has 0 fully saturated rings. The number of hydrogen-bond acceptors (Lipinski definition) is 6. The lowest BCUT2D eigenvalue weighted by Crippen LogP contribution is -2.30. The van der Waals surface area contributed by atoms with E-state index in [0.717, 1.165) is 89.9 Å². The molecule has 0 amide bonds. The molecule has 0 aliphatic carbocycles. The summed E-state index contributed by atoms with van der Waals surface area (Å²) in [6, 6.07) is 0. The smallest absolute Gasteiger partial charge is 0.306 e. The molecule has 82 heavy (non-hydrogen) atoms. The molecule has 0 aromatic heterocycles. The largest absolute Gasteiger partial charge is 0.462 e. The van der Waals surface area contributed by atoms with E-state index in [2.05, 4.69) is 81.5 Å². The van der Waals surface area contributed by atoms with Crippen molar-refractivity contribution in [2.45, 2.75) is 393 Å². The summed E-state index contributed by atoms with van der Waals surface area (Å²) >= 11 is 0. The Balaban J connectivity index is 4.03. The minimum atomic E-state index is -0.767. The van der Waals surface area contributed by atoms with Crippen LogP contribution >= 0.6 is 0 Å². The Bertz CT molecular complexity index is 1460. The maximum absolute atomic E-state index is 12.9. The SMILES string of the molecule is CC/C=C\C/C=C\C/C=C\C/C=C\C/C=C\CCCCCCCCCCCCCCCCCCCCCC(=O)OCC(COC(=O)CCCCCCCCCCC)OC(=O)CCCCCCCCCCCCCCCCCCCCCC. The molecule has 0 bridgehead atoms. The van der Waals surface area contributed by atoms with Gasteiger partial charge in [-0.15, -0.1) is 0 Å². The standard InChI is InChI=1S/C76H138O6/c1-4-7-10-13-16-19-21-23-25-27-29-31-32-33-34-35-36-37-38-39-40-41-42-43-44-45-47-48-50-52-54-57-60-63-66-69-75(78)81-72-73(71-80-74(77)68-65-62-59-56-18-15-12-9-6-3)82-76(79)70-67-64-61-58-55-53-51-49-46-30-28-26-24-22-20-17-14-11-8-5-2/h7,10,16,19,23,25,29,31,33-34,73H,4-6,8-9,11-15,17-18,20-22,24,26-28,30,32,35-72H2,1-3H3/b10-7-,19-16-,25-23-,31-29-,34-33-. The Hall–Kier alpha value is -2.89. The average Bonchev–Trinajstić information content (AvgIpc) is 3.48. The summed E-state index contributed by atoms with van der Waals surface area (Å²) in [5.41, 5.74) is 0. The molecule has 0 aliphatic rings. The summed E-state index contributed by atoms with van der Waals surface area (Å²) in [6.07, 6.45) is 91.4. The third-order valence-corrected chi connectivity index (χ3v) is 16.3. The zero-order valence-electron chi connectivity index (χ0n) is 55.0. The van der Waals surface area contributed by atoms with Gasteiger partial charge in [0, 0.05) is 19.3 Å². The molecule has 0 radical (unpaired) electrons. The molecule has 0 aliphatic heterocycles. The first kappa shape index (κ1) is 79.1. The van der Waals surface area contributed by atoms with Crippen molar-refractivity contribution in [3.8, 4) is 0 Å². The molecule has 0 aromatic rings. The topological polar surface area (TPSA) is 78.9 Å². The molecule has 0 aromatic carbocycles. The Morgan fingerprint density at radius 1 is 0.256 bits per heavy atom. The summed E-state index contributed by atoms with van der Waals surface area (Å²) in [4.78, 5) is 38.3. The van der Waals surface area contributed by atoms with E-state index in [9.17, 15) is 14.4 Å². The Morgan fingerprint density at radius 2 is 0.476 bits per heavy atom. The van der Waals surface area contributed by atoms with E-state index < -0.39 is 6.10 Å². The van der Waals surface area contributed by atoms with E-state index in [1.54, 1.807) is 0 Å². The van der Waals surface area contributed by atoms with Crippen molar-refractivity contribution in [1.82, 2.24) is 0 Å². The van der Waals surface area contributed by atoms with Crippen LogP contribution in [0.4, 0.5) is 0 Å². The molecule has 1 unspecified atom stereocenters. The van der Waals surface area contributed by atoms with Crippen molar-refractivity contribution in [1.29, 1.82) is 0 Å². The van der Waals surface area contributed by atoms with E-state index in [-0.39, 0.29) is 31.1 Å². The quantitative estimate of drug-likeness (QED) is 0.0261. The highest BCUT2D eigenvalue weighted by Crippen LogP contribution is 2.19. The van der Waals surface area contributed by atoms with Crippen LogP contribution in [0.2, 0.25) is 0 Å². The van der Waals surface area contributed by atoms with Crippen LogP contribution in [0.15, 0.2) is 60.8 Å². The summed E-state index contributed by atoms with van der Waals surface area (Å²) in [7, 11) is 0. The molecule has 478 valence electrons. The lowest BCUT2D eigenvalue weighted by molar-refractivity contribution is -0.167. The van der Waals surface area contributed by atoms with Gasteiger partial charge < -0.3 is 14.2 Å². The van der Waals surface area contributed by atoms with Crippen molar-refractivity contribution < 1.29 is 28.6 Å². The molecule has 0 heterocycles. The van der Waals surface area contributed by atoms with E-state index in [4.69, 9.17) is 14.2 Å². The second-order valence-electron chi connectivity index (χ2n) is 24.5. The van der Waals surface area contributed by atoms with Crippen LogP contribution in [0.25, 0.3) is 0 Å². The van der Waals surface area contributed by atoms with E-state index >= 15 is 0 Å². The molecule has 0 N–H and O–H groups in total. The Labute approximate surface area is 510 Å². The minimum Gasteiger partial charge on any atom is -0.462 e. The third kappa shape index (κ3) is 67.9. The third-order valence-electron chi connectivity index (χ3n) is 16.3. The second-order valence-corrected chi connectivity index (χ2v) is 24.5. The number of ether oxygens (including phenoxy) is 3. The van der Waals surface area contributed by atoms with Gasteiger partial charge in [-0.3, -0.25) is 14.4 Å². The summed E-state index contributed by atoms with van der Waals surface area (Å²) in [6.45, 7) is 6.57. The molecule has 0 rings (SSSR count). The fourth-order valence-electron chi connectivity index (χ4n) is 10.9. The van der Waals surface area contributed by atoms with Crippen molar-refractivity contribution in [3.05, 3.63) is 60.8 Å². The normalized spacial score (nSPS) is 12.4. The van der Waals surface area contributed by atoms with Gasteiger partial charge in [-0.1, -0.05) is 364 Å². The lowest BCUT2D eigenvalue weighted by Gasteiger charge is -2.18. The molecular weight excluding hydrogens is 1010 g/mol. The first-order chi connectivity index (χ1) is 40.5. The average molecular weight is 1150 g/mol. The van der Waals surface area contributed by atoms with Crippen molar-refractivity contribution in [2.75, 3.05) is 13.2 Å². The molecule has 0 spiro atoms. The van der Waals surface area contributed by atoms with E-state index in [0.29, 0.717) is 19.3 Å². The highest BCUT2D eigenvalue weighted by molar-refractivity contribution is 5.71. The minimum absolute atomic E-state index is 0.0659. The van der Waals surface area contributed by atoms with Crippen LogP contribution in [-0.2, 0) is 28.6 Å². The molecule has 6 nitrogen and oxygen atoms in total. The number of hydrogen-bond donors (Lipinski definition) is 0. The summed E-state index contributed by atoms with van der Waals surface area (Å²) in [5, 5.41) is 0. The van der Waals surface area contributed by atoms with Gasteiger partial charge in [0.25, 0.3) is 0 Å². The van der Waals surface area contributed by atoms with Crippen LogP contribution in [0, 0.1) is 0 Å². The van der Waals surface area contributed by atoms with Crippen LogP contribution in [0.5, 0.6) is 0 Å². The van der Waals surface area contributed by atoms with Gasteiger partial charge in [-0.05, 0) is 64.2 Å². The number of carbonyl (C=O) groups is 3. The second kappa shape index (κ2) is 70.6. The lowest BCUT2D eigenvalue weighted by atomic mass is 10.0. The van der Waals surface area contributed by atoms with Crippen LogP contribution in [0.1, 0.15) is 387 Å². The van der Waals surface area contributed by atoms with Crippen LogP contribution in [-0.4, -0.2) is 37.2 Å². The predicted molar refractivity (Wildman–Crippen MR) is 358 cm³/mol. The highest BCUT2D eigenvalue weighted by atomic mass is 16.6. The van der Waals surface area contributed by atoms with Crippen LogP contribution < -0.4 is 0 Å². The summed E-state index contributed by atoms with van der Waals surface area (Å²) in [5.74, 6) is -0.840. The highest BCUT2D eigenvalue weighted by Gasteiger charge is 2.19. The summed E-state index contributed by atoms with van der Waals surface area (Å²) < 4.78 is 16.9. The van der Waals surface area contributed by atoms with Crippen LogP contribution in [0.3, 0.4) is 0 Å². The molecular formula is C76H138O6. The molecule has 0 saturated carbocycles. The van der Waals surface area contributed by atoms with E-state index in [1.165, 1.54) is 257 Å². The van der Waals surface area contributed by atoms with Gasteiger partial charge in [0.1, 0.15) is 13.2 Å². The van der Waals surface area contributed by atoms with Gasteiger partial charge in [-0.25, -0.2) is 0 Å². The van der Waals surface area contributed by atoms with Gasteiger partial charge in [0.2, 0.25) is 0 Å². The van der Waals surface area contributed by atoms with Gasteiger partial charge in [-0.2, -0.15) is 0 Å². The maximum atomic E-state index is 12.9. The number of esters is 3. The molecule has 1 atom stereocenters. The van der Waals surface area contributed by atoms with Crippen molar-refractivity contribution in [3.63, 3.8) is 0 Å². The number of carbonyl (C=O) groups excluding carboxylic acids is 3. The Morgan fingerprint density at radius 3 is 0.744 bits per heavy atom. The Kier molecular flexibility index (Phi) is 68.1. The van der Waals surface area contributed by atoms with Gasteiger partial charge in [0.15, 0.2) is 6.10 Å². The first-order valence-corrected chi connectivity index (χ1v) is 36.3. The fraction of sp³-hybridized carbons (Fsp3) is 0.829. The maximum Gasteiger partial charge on any atom is 0.306 e.